The molecule has 52 valence electrons. The maximum Gasteiger partial charge on any atom is 1.00 e. The molecule has 2 N–H and O–H groups in total. The normalized spacial score (nSPS) is 8.00. The topological polar surface area (TPSA) is 26.0 Å². The molecule has 1 rings (SSSR count). The number of nitrogens with two attached hydrogens (primary N) is 1. The monoisotopic (exact) mass is 187 g/mol. The van der Waals surface area contributed by atoms with Crippen molar-refractivity contribution in [1.82, 2.24) is 0 Å². The summed E-state index contributed by atoms with van der Waals surface area (Å²) in [5, 5.41) is 0. The van der Waals surface area contributed by atoms with Crippen molar-refractivity contribution in [2.24, 2.45) is 0 Å². The number of benzene rings is 1. The van der Waals surface area contributed by atoms with Gasteiger partial charge >= 0.3 is 17.1 Å². The van der Waals surface area contributed by atoms with E-state index in [1.165, 1.54) is 0 Å². The van der Waals surface area contributed by atoms with Gasteiger partial charge in [0, 0.05) is 5.69 Å². The molecule has 0 aliphatic heterocycles. The Bertz CT molecular complexity index is 169. The van der Waals surface area contributed by atoms with Gasteiger partial charge in [0.2, 0.25) is 0 Å². The number of hydrogen-bond acceptors (Lipinski definition) is 2. The van der Waals surface area contributed by atoms with E-state index >= 15 is 0 Å². The summed E-state index contributed by atoms with van der Waals surface area (Å²) in [5.74, 6) is 0. The van der Waals surface area contributed by atoms with Crippen molar-refractivity contribution < 1.29 is 17.1 Å². The Morgan fingerprint density at radius 3 is 2.11 bits per heavy atom. The fourth-order valence-electron chi connectivity index (χ4n) is 0.481. The summed E-state index contributed by atoms with van der Waals surface area (Å²) in [6.07, 6.45) is 0. The van der Waals surface area contributed by atoms with E-state index in [0.717, 1.165) is 4.90 Å². The van der Waals surface area contributed by atoms with Crippen LogP contribution in [0.3, 0.4) is 0 Å². The van der Waals surface area contributed by atoms with E-state index in [9.17, 15) is 0 Å². The minimum atomic E-state index is 0. The molecule has 0 heterocycles. The van der Waals surface area contributed by atoms with Crippen molar-refractivity contribution in [2.75, 3.05) is 5.73 Å². The second-order valence-corrected chi connectivity index (χ2v) is 1.98. The van der Waals surface area contributed by atoms with Crippen LogP contribution in [-0.4, -0.2) is 0 Å². The summed E-state index contributed by atoms with van der Waals surface area (Å²) in [7, 11) is 0. The minimum absolute atomic E-state index is 0. The Balaban J connectivity index is 0.000000640. The van der Waals surface area contributed by atoms with Gasteiger partial charge in [-0.05, 0) is 6.07 Å². The number of anilines is 1. The van der Waals surface area contributed by atoms with Crippen molar-refractivity contribution in [3.63, 3.8) is 0 Å². The van der Waals surface area contributed by atoms with E-state index in [-0.39, 0.29) is 17.1 Å². The Morgan fingerprint density at radius 1 is 1.22 bits per heavy atom. The zero-order valence-electron chi connectivity index (χ0n) is 4.60. The first-order valence-corrected chi connectivity index (χ1v) is 2.73. The first-order valence-electron chi connectivity index (χ1n) is 2.32. The molecule has 1 nitrogen and oxygen atoms in total. The molecule has 0 aliphatic carbocycles. The van der Waals surface area contributed by atoms with Gasteiger partial charge in [-0.2, -0.15) is 4.90 Å². The SMILES string of the molecule is Nc1ccccc1[S-].[Cu+]. The molecule has 1 aromatic carbocycles. The fraction of sp³-hybridized carbons (Fsp3) is 0. The van der Waals surface area contributed by atoms with Crippen LogP contribution in [0, 0.1) is 0 Å². The smallest absolute Gasteiger partial charge is 0.778 e. The summed E-state index contributed by atoms with van der Waals surface area (Å²) >= 11 is 4.83. The second-order valence-electron chi connectivity index (χ2n) is 1.54. The average molecular weight is 188 g/mol. The number of rotatable bonds is 0. The Labute approximate surface area is 70.5 Å². The van der Waals surface area contributed by atoms with Gasteiger partial charge in [-0.3, -0.25) is 0 Å². The molecule has 3 heteroatoms. The zero-order valence-corrected chi connectivity index (χ0v) is 6.35. The number of nitrogen functional groups attached to an aromatic ring is 1. The van der Waals surface area contributed by atoms with Crippen molar-refractivity contribution in [1.29, 1.82) is 0 Å². The molecule has 0 unspecified atom stereocenters. The van der Waals surface area contributed by atoms with Crippen LogP contribution >= 0.6 is 0 Å². The van der Waals surface area contributed by atoms with Crippen LogP contribution in [0.1, 0.15) is 0 Å². The van der Waals surface area contributed by atoms with Gasteiger partial charge in [0.1, 0.15) is 0 Å². The first-order chi connectivity index (χ1) is 3.80. The number of hydrogen-bond donors (Lipinski definition) is 1. The molecule has 0 bridgehead atoms. The molecule has 0 saturated heterocycles. The molecule has 0 amide bonds. The van der Waals surface area contributed by atoms with Crippen LogP contribution in [0.2, 0.25) is 0 Å². The third-order valence-corrected chi connectivity index (χ3v) is 1.29. The maximum atomic E-state index is 5.42. The van der Waals surface area contributed by atoms with E-state index < -0.39 is 0 Å². The Morgan fingerprint density at radius 2 is 1.78 bits per heavy atom. The quantitative estimate of drug-likeness (QED) is 0.375. The van der Waals surface area contributed by atoms with E-state index in [1.807, 2.05) is 18.2 Å². The van der Waals surface area contributed by atoms with E-state index in [4.69, 9.17) is 18.4 Å². The predicted octanol–water partition coefficient (Wildman–Crippen LogP) is 1.17. The van der Waals surface area contributed by atoms with Crippen LogP contribution in [0.5, 0.6) is 0 Å². The van der Waals surface area contributed by atoms with E-state index in [2.05, 4.69) is 0 Å². The van der Waals surface area contributed by atoms with Gasteiger partial charge in [0.05, 0.1) is 0 Å². The Hall–Kier alpha value is -0.241. The minimum Gasteiger partial charge on any atom is -0.778 e. The van der Waals surface area contributed by atoms with Crippen LogP contribution in [0.15, 0.2) is 29.2 Å². The molecular formula is C6H6CuNS. The average Bonchev–Trinajstić information content (AvgIpc) is 1.77. The molecule has 0 atom stereocenters. The summed E-state index contributed by atoms with van der Waals surface area (Å²) in [6, 6.07) is 7.34. The number of para-hydroxylation sites is 1. The third-order valence-electron chi connectivity index (χ3n) is 0.919. The van der Waals surface area contributed by atoms with Crippen molar-refractivity contribution in [3.05, 3.63) is 24.3 Å². The van der Waals surface area contributed by atoms with Gasteiger partial charge in [-0.1, -0.05) is 18.2 Å². The summed E-state index contributed by atoms with van der Waals surface area (Å²) in [4.78, 5) is 0.729. The van der Waals surface area contributed by atoms with Crippen molar-refractivity contribution in [3.8, 4) is 0 Å². The summed E-state index contributed by atoms with van der Waals surface area (Å²) < 4.78 is 0. The fourth-order valence-corrected chi connectivity index (χ4v) is 0.627. The van der Waals surface area contributed by atoms with Crippen molar-refractivity contribution >= 4 is 18.3 Å². The molecular weight excluding hydrogens is 182 g/mol. The molecule has 1 aromatic rings. The molecule has 0 aliphatic rings. The van der Waals surface area contributed by atoms with E-state index in [0.29, 0.717) is 5.69 Å². The van der Waals surface area contributed by atoms with Gasteiger partial charge in [-0.25, -0.2) is 0 Å². The third kappa shape index (κ3) is 2.22. The Kier molecular flexibility index (Phi) is 3.62. The van der Waals surface area contributed by atoms with Gasteiger partial charge in [0.15, 0.2) is 0 Å². The molecule has 0 spiro atoms. The molecule has 0 radical (unpaired) electrons. The van der Waals surface area contributed by atoms with Crippen LogP contribution in [0.25, 0.3) is 0 Å². The second kappa shape index (κ2) is 3.72. The zero-order chi connectivity index (χ0) is 5.98. The van der Waals surface area contributed by atoms with Crippen LogP contribution in [-0.2, 0) is 29.7 Å². The van der Waals surface area contributed by atoms with Gasteiger partial charge < -0.3 is 18.4 Å². The van der Waals surface area contributed by atoms with E-state index in [1.54, 1.807) is 6.07 Å². The largest absolute Gasteiger partial charge is 1.00 e. The standard InChI is InChI=1S/C6H7NS.Cu/c7-5-3-1-2-4-6(5)8;/h1-4,8H,7H2;/q;+1/p-1. The van der Waals surface area contributed by atoms with Gasteiger partial charge in [-0.15, -0.1) is 0 Å². The van der Waals surface area contributed by atoms with Crippen molar-refractivity contribution in [2.45, 2.75) is 4.90 Å². The molecule has 0 saturated carbocycles. The van der Waals surface area contributed by atoms with Crippen LogP contribution in [0.4, 0.5) is 5.69 Å². The van der Waals surface area contributed by atoms with Gasteiger partial charge in [0.25, 0.3) is 0 Å². The first kappa shape index (κ1) is 8.76. The summed E-state index contributed by atoms with van der Waals surface area (Å²) in [5.41, 5.74) is 6.10. The van der Waals surface area contributed by atoms with Crippen LogP contribution < -0.4 is 5.73 Å². The predicted molar refractivity (Wildman–Crippen MR) is 36.5 cm³/mol. The molecule has 0 fully saturated rings. The molecule has 9 heavy (non-hydrogen) atoms. The summed E-state index contributed by atoms with van der Waals surface area (Å²) in [6.45, 7) is 0. The maximum absolute atomic E-state index is 5.42. The molecule has 0 aromatic heterocycles.